The van der Waals surface area contributed by atoms with Crippen molar-refractivity contribution in [3.8, 4) is 0 Å². The van der Waals surface area contributed by atoms with E-state index < -0.39 is 0 Å². The van der Waals surface area contributed by atoms with Gasteiger partial charge in [-0.2, -0.15) is 8.75 Å². The maximum Gasteiger partial charge on any atom is 0.324 e. The van der Waals surface area contributed by atoms with E-state index in [1.54, 1.807) is 23.1 Å². The summed E-state index contributed by atoms with van der Waals surface area (Å²) in [5.74, 6) is -0.348. The normalized spacial score (nSPS) is 21.3. The number of rotatable bonds is 2. The minimum Gasteiger partial charge on any atom is -0.336 e. The molecular weight excluding hydrogens is 318 g/mol. The summed E-state index contributed by atoms with van der Waals surface area (Å²) < 4.78 is 8.25. The maximum atomic E-state index is 12.6. The SMILES string of the molecule is O=C(c1ccc2nsnc2c1)N1CCC(N2C(=O)CNC2=O)C1. The molecule has 4 amide bonds. The molecule has 9 heteroatoms. The van der Waals surface area contributed by atoms with Gasteiger partial charge in [0.15, 0.2) is 0 Å². The number of hydrogen-bond donors (Lipinski definition) is 1. The fraction of sp³-hybridized carbons (Fsp3) is 0.357. The van der Waals surface area contributed by atoms with Crippen molar-refractivity contribution in [1.82, 2.24) is 23.9 Å². The Morgan fingerprint density at radius 2 is 2.09 bits per heavy atom. The Labute approximate surface area is 135 Å². The van der Waals surface area contributed by atoms with Crippen LogP contribution in [-0.4, -0.2) is 62.1 Å². The average Bonchev–Trinajstić information content (AvgIpc) is 3.26. The van der Waals surface area contributed by atoms with Crippen LogP contribution in [0.15, 0.2) is 18.2 Å². The van der Waals surface area contributed by atoms with Gasteiger partial charge < -0.3 is 10.2 Å². The van der Waals surface area contributed by atoms with Crippen molar-refractivity contribution >= 4 is 40.6 Å². The van der Waals surface area contributed by atoms with Crippen LogP contribution in [0, 0.1) is 0 Å². The summed E-state index contributed by atoms with van der Waals surface area (Å²) in [6.07, 6.45) is 0.603. The van der Waals surface area contributed by atoms with E-state index in [0.29, 0.717) is 30.6 Å². The number of nitrogens with zero attached hydrogens (tertiary/aromatic N) is 4. The molecule has 118 valence electrons. The van der Waals surface area contributed by atoms with Gasteiger partial charge in [-0.15, -0.1) is 0 Å². The van der Waals surface area contributed by atoms with E-state index in [1.807, 2.05) is 0 Å². The molecule has 2 fully saturated rings. The lowest BCUT2D eigenvalue weighted by atomic mass is 10.2. The molecule has 0 aliphatic carbocycles. The van der Waals surface area contributed by atoms with E-state index in [9.17, 15) is 14.4 Å². The molecule has 1 aromatic heterocycles. The van der Waals surface area contributed by atoms with Crippen molar-refractivity contribution in [1.29, 1.82) is 0 Å². The molecule has 2 aromatic rings. The minimum atomic E-state index is -0.371. The maximum absolute atomic E-state index is 12.6. The summed E-state index contributed by atoms with van der Waals surface area (Å²) in [6, 6.07) is 4.61. The van der Waals surface area contributed by atoms with Gasteiger partial charge in [0.05, 0.1) is 24.3 Å². The molecule has 0 bridgehead atoms. The van der Waals surface area contributed by atoms with E-state index in [2.05, 4.69) is 14.1 Å². The molecule has 2 aliphatic heterocycles. The Morgan fingerprint density at radius 3 is 2.87 bits per heavy atom. The Balaban J connectivity index is 1.51. The molecule has 4 rings (SSSR count). The summed E-state index contributed by atoms with van der Waals surface area (Å²) in [6.45, 7) is 0.927. The van der Waals surface area contributed by atoms with Gasteiger partial charge in [-0.1, -0.05) is 0 Å². The van der Waals surface area contributed by atoms with E-state index in [0.717, 1.165) is 17.2 Å². The van der Waals surface area contributed by atoms with Gasteiger partial charge in [-0.05, 0) is 24.6 Å². The summed E-state index contributed by atoms with van der Waals surface area (Å²) in [7, 11) is 0. The lowest BCUT2D eigenvalue weighted by Gasteiger charge is -2.21. The van der Waals surface area contributed by atoms with Crippen molar-refractivity contribution in [3.63, 3.8) is 0 Å². The van der Waals surface area contributed by atoms with Crippen LogP contribution in [0.25, 0.3) is 11.0 Å². The highest BCUT2D eigenvalue weighted by Crippen LogP contribution is 2.21. The van der Waals surface area contributed by atoms with E-state index in [-0.39, 0.29) is 30.4 Å². The first kappa shape index (κ1) is 14.1. The fourth-order valence-electron chi connectivity index (χ4n) is 3.04. The number of likely N-dealkylation sites (tertiary alicyclic amines) is 1. The quantitative estimate of drug-likeness (QED) is 0.807. The van der Waals surface area contributed by atoms with Crippen LogP contribution in [0.2, 0.25) is 0 Å². The number of urea groups is 1. The summed E-state index contributed by atoms with van der Waals surface area (Å²) in [5.41, 5.74) is 2.01. The number of hydrogen-bond acceptors (Lipinski definition) is 6. The van der Waals surface area contributed by atoms with E-state index in [4.69, 9.17) is 0 Å². The zero-order valence-corrected chi connectivity index (χ0v) is 12.9. The predicted molar refractivity (Wildman–Crippen MR) is 82.0 cm³/mol. The molecule has 1 N–H and O–H groups in total. The number of benzene rings is 1. The lowest BCUT2D eigenvalue weighted by Crippen LogP contribution is -2.42. The molecule has 2 aliphatic rings. The molecule has 1 aromatic carbocycles. The van der Waals surface area contributed by atoms with Crippen LogP contribution in [0.3, 0.4) is 0 Å². The van der Waals surface area contributed by atoms with E-state index >= 15 is 0 Å². The molecule has 0 spiro atoms. The molecule has 0 saturated carbocycles. The third-order valence-electron chi connectivity index (χ3n) is 4.19. The molecular formula is C14H13N5O3S. The number of fused-ring (bicyclic) bond motifs is 1. The van der Waals surface area contributed by atoms with Gasteiger partial charge in [-0.25, -0.2) is 4.79 Å². The smallest absolute Gasteiger partial charge is 0.324 e. The fourth-order valence-corrected chi connectivity index (χ4v) is 3.56. The van der Waals surface area contributed by atoms with Crippen LogP contribution in [0.5, 0.6) is 0 Å². The largest absolute Gasteiger partial charge is 0.336 e. The van der Waals surface area contributed by atoms with Gasteiger partial charge in [-0.3, -0.25) is 14.5 Å². The zero-order valence-electron chi connectivity index (χ0n) is 12.1. The van der Waals surface area contributed by atoms with E-state index in [1.165, 1.54) is 4.90 Å². The van der Waals surface area contributed by atoms with Crippen molar-refractivity contribution in [2.75, 3.05) is 19.6 Å². The van der Waals surface area contributed by atoms with Gasteiger partial charge in [0.25, 0.3) is 5.91 Å². The number of aromatic nitrogens is 2. The third-order valence-corrected chi connectivity index (χ3v) is 4.75. The Hall–Kier alpha value is -2.55. The van der Waals surface area contributed by atoms with Gasteiger partial charge >= 0.3 is 6.03 Å². The van der Waals surface area contributed by atoms with Crippen LogP contribution < -0.4 is 5.32 Å². The predicted octanol–water partition coefficient (Wildman–Crippen LogP) is 0.458. The number of carbonyl (C=O) groups excluding carboxylic acids is 3. The average molecular weight is 331 g/mol. The van der Waals surface area contributed by atoms with Crippen LogP contribution in [0.4, 0.5) is 4.79 Å². The highest BCUT2D eigenvalue weighted by atomic mass is 32.1. The second-order valence-electron chi connectivity index (χ2n) is 5.58. The van der Waals surface area contributed by atoms with Gasteiger partial charge in [0.1, 0.15) is 11.0 Å². The van der Waals surface area contributed by atoms with Gasteiger partial charge in [0, 0.05) is 18.7 Å². The number of imide groups is 1. The first-order chi connectivity index (χ1) is 11.1. The standard InChI is InChI=1S/C14H13N5O3S/c20-12-6-15-14(22)19(12)9-3-4-18(7-9)13(21)8-1-2-10-11(5-8)17-23-16-10/h1-2,5,9H,3-4,6-7H2,(H,15,22). The van der Waals surface area contributed by atoms with Crippen molar-refractivity contribution in [2.45, 2.75) is 12.5 Å². The topological polar surface area (TPSA) is 95.5 Å². The molecule has 1 atom stereocenters. The Kier molecular flexibility index (Phi) is 3.22. The molecule has 3 heterocycles. The first-order valence-corrected chi connectivity index (χ1v) is 7.98. The molecule has 0 radical (unpaired) electrons. The summed E-state index contributed by atoms with van der Waals surface area (Å²) in [4.78, 5) is 39.0. The van der Waals surface area contributed by atoms with Crippen molar-refractivity contribution in [3.05, 3.63) is 23.8 Å². The Bertz CT molecular complexity index is 804. The number of amides is 4. The molecule has 1 unspecified atom stereocenters. The van der Waals surface area contributed by atoms with Crippen molar-refractivity contribution < 1.29 is 14.4 Å². The zero-order chi connectivity index (χ0) is 16.0. The second-order valence-corrected chi connectivity index (χ2v) is 6.11. The summed E-state index contributed by atoms with van der Waals surface area (Å²) >= 11 is 1.11. The van der Waals surface area contributed by atoms with Crippen LogP contribution >= 0.6 is 11.7 Å². The van der Waals surface area contributed by atoms with Crippen LogP contribution in [0.1, 0.15) is 16.8 Å². The van der Waals surface area contributed by atoms with Crippen LogP contribution in [-0.2, 0) is 4.79 Å². The number of nitrogens with one attached hydrogen (secondary N) is 1. The highest BCUT2D eigenvalue weighted by molar-refractivity contribution is 7.00. The van der Waals surface area contributed by atoms with Gasteiger partial charge in [0.2, 0.25) is 5.91 Å². The molecule has 8 nitrogen and oxygen atoms in total. The molecule has 2 saturated heterocycles. The lowest BCUT2D eigenvalue weighted by molar-refractivity contribution is -0.126. The van der Waals surface area contributed by atoms with Crippen molar-refractivity contribution in [2.24, 2.45) is 0 Å². The Morgan fingerprint density at radius 1 is 1.26 bits per heavy atom. The number of carbonyl (C=O) groups is 3. The second kappa shape index (κ2) is 5.27. The summed E-state index contributed by atoms with van der Waals surface area (Å²) in [5, 5.41) is 2.51. The third kappa shape index (κ3) is 2.33. The minimum absolute atomic E-state index is 0.0385. The first-order valence-electron chi connectivity index (χ1n) is 7.25. The highest BCUT2D eigenvalue weighted by Gasteiger charge is 2.39. The molecule has 23 heavy (non-hydrogen) atoms. The monoisotopic (exact) mass is 331 g/mol.